The Hall–Kier alpha value is -1.21. The van der Waals surface area contributed by atoms with Crippen LogP contribution in [0.1, 0.15) is 271 Å². The number of hydrogen-bond acceptors (Lipinski definition) is 18. The molecule has 0 spiro atoms. The number of carbonyl (C=O) groups is 1. The van der Waals surface area contributed by atoms with Gasteiger partial charge in [-0.25, -0.2) is 0 Å². The molecule has 3 aliphatic rings. The second kappa shape index (κ2) is 47.7. The Morgan fingerprint density at radius 1 is 0.386 bits per heavy atom. The highest BCUT2D eigenvalue weighted by molar-refractivity contribution is 5.76. The summed E-state index contributed by atoms with van der Waals surface area (Å²) in [5, 5.41) is 120. The van der Waals surface area contributed by atoms with Crippen molar-refractivity contribution in [3.05, 3.63) is 0 Å². The minimum absolute atomic E-state index is 0.239. The summed E-state index contributed by atoms with van der Waals surface area (Å²) in [6.45, 7) is 1.79. The summed E-state index contributed by atoms with van der Waals surface area (Å²) in [4.78, 5) is 13.3. The van der Waals surface area contributed by atoms with E-state index >= 15 is 0 Å². The summed E-state index contributed by atoms with van der Waals surface area (Å²) in [6, 6.07) is -0.879. The molecule has 19 nitrogen and oxygen atoms in total. The van der Waals surface area contributed by atoms with E-state index in [1.807, 2.05) is 0 Å². The highest BCUT2D eigenvalue weighted by Gasteiger charge is 2.53. The second-order valence-electron chi connectivity index (χ2n) is 24.7. The highest BCUT2D eigenvalue weighted by atomic mass is 16.8. The monoisotopic (exact) mass is 1190 g/mol. The maximum atomic E-state index is 13.3. The number of carbonyl (C=O) groups excluding carboxylic acids is 1. The Kier molecular flexibility index (Phi) is 43.7. The lowest BCUT2D eigenvalue weighted by Crippen LogP contribution is -2.66. The molecule has 3 fully saturated rings. The number of ether oxygens (including phenoxy) is 6. The third-order valence-corrected chi connectivity index (χ3v) is 17.4. The van der Waals surface area contributed by atoms with E-state index in [2.05, 4.69) is 19.2 Å². The molecule has 0 aromatic heterocycles. The first kappa shape index (κ1) is 76.0. The van der Waals surface area contributed by atoms with Gasteiger partial charge in [-0.2, -0.15) is 0 Å². The highest BCUT2D eigenvalue weighted by Crippen LogP contribution is 2.33. The molecule has 0 bridgehead atoms. The third kappa shape index (κ3) is 30.7. The summed E-state index contributed by atoms with van der Waals surface area (Å²) < 4.78 is 34.3. The van der Waals surface area contributed by atoms with Crippen molar-refractivity contribution in [2.75, 3.05) is 26.4 Å². The summed E-state index contributed by atoms with van der Waals surface area (Å²) in [7, 11) is 0. The SMILES string of the molecule is CCCCCCCCCCCCCCCCCCCCCCCCCCCCCCCC(=O)NC(COC1OC(CO)C(OC2OC(CO)C(OC3OC(CO)C(O)C(O)C3O)C(O)C2O)C(O)C1O)C(O)CCCCCCCCCCC. The molecule has 3 aliphatic heterocycles. The third-order valence-electron chi connectivity index (χ3n) is 17.4. The van der Waals surface area contributed by atoms with Crippen molar-refractivity contribution in [1.29, 1.82) is 0 Å². The van der Waals surface area contributed by atoms with Crippen molar-refractivity contribution < 1.29 is 89.4 Å². The topological polar surface area (TPSA) is 307 Å². The van der Waals surface area contributed by atoms with Crippen LogP contribution in [0.3, 0.4) is 0 Å². The smallest absolute Gasteiger partial charge is 0.220 e. The van der Waals surface area contributed by atoms with Crippen LogP contribution >= 0.6 is 0 Å². The fraction of sp³-hybridized carbons (Fsp3) is 0.984. The Morgan fingerprint density at radius 2 is 0.687 bits per heavy atom. The van der Waals surface area contributed by atoms with Gasteiger partial charge < -0.3 is 89.9 Å². The molecule has 17 atom stereocenters. The Labute approximate surface area is 500 Å². The van der Waals surface area contributed by atoms with Gasteiger partial charge in [0.05, 0.1) is 38.6 Å². The molecule has 3 rings (SSSR count). The quantitative estimate of drug-likeness (QED) is 0.0257. The van der Waals surface area contributed by atoms with Gasteiger partial charge in [0.1, 0.15) is 73.2 Å². The summed E-state index contributed by atoms with van der Waals surface area (Å²) in [5.41, 5.74) is 0. The molecule has 0 aromatic rings. The first-order chi connectivity index (χ1) is 40.3. The van der Waals surface area contributed by atoms with Gasteiger partial charge in [-0.1, -0.05) is 251 Å². The zero-order valence-corrected chi connectivity index (χ0v) is 51.7. The molecule has 19 heteroatoms. The van der Waals surface area contributed by atoms with Gasteiger partial charge in [0.15, 0.2) is 18.9 Å². The first-order valence-corrected chi connectivity index (χ1v) is 33.8. The van der Waals surface area contributed by atoms with Gasteiger partial charge in [-0.3, -0.25) is 4.79 Å². The number of aliphatic hydroxyl groups is 11. The molecule has 492 valence electrons. The van der Waals surface area contributed by atoms with E-state index in [9.17, 15) is 61.0 Å². The number of aliphatic hydroxyl groups excluding tert-OH is 11. The zero-order valence-electron chi connectivity index (χ0n) is 51.7. The van der Waals surface area contributed by atoms with E-state index in [0.717, 1.165) is 44.9 Å². The van der Waals surface area contributed by atoms with Gasteiger partial charge in [0.25, 0.3) is 0 Å². The number of amides is 1. The molecule has 0 aromatic carbocycles. The molecule has 17 unspecified atom stereocenters. The van der Waals surface area contributed by atoms with Crippen LogP contribution in [0.2, 0.25) is 0 Å². The van der Waals surface area contributed by atoms with Crippen LogP contribution < -0.4 is 5.32 Å². The fourth-order valence-corrected chi connectivity index (χ4v) is 11.9. The predicted octanol–water partition coefficient (Wildman–Crippen LogP) is 7.94. The average Bonchev–Trinajstić information content (AvgIpc) is 3.25. The number of hydrogen-bond donors (Lipinski definition) is 12. The molecule has 3 heterocycles. The van der Waals surface area contributed by atoms with Crippen molar-refractivity contribution in [3.8, 4) is 0 Å². The van der Waals surface area contributed by atoms with Gasteiger partial charge in [0, 0.05) is 6.42 Å². The summed E-state index contributed by atoms with van der Waals surface area (Å²) >= 11 is 0. The van der Waals surface area contributed by atoms with E-state index in [1.54, 1.807) is 0 Å². The first-order valence-electron chi connectivity index (χ1n) is 33.8. The minimum atomic E-state index is -1.97. The van der Waals surface area contributed by atoms with E-state index in [-0.39, 0.29) is 18.9 Å². The van der Waals surface area contributed by atoms with Gasteiger partial charge in [0.2, 0.25) is 5.91 Å². The van der Waals surface area contributed by atoms with E-state index in [0.29, 0.717) is 12.8 Å². The zero-order chi connectivity index (χ0) is 60.5. The van der Waals surface area contributed by atoms with Crippen LogP contribution in [0, 0.1) is 0 Å². The lowest BCUT2D eigenvalue weighted by molar-refractivity contribution is -0.379. The van der Waals surface area contributed by atoms with Crippen LogP contribution in [0.5, 0.6) is 0 Å². The normalized spacial score (nSPS) is 29.3. The minimum Gasteiger partial charge on any atom is -0.394 e. The standard InChI is InChI=1S/C64H123NO18/c1-3-5-7-9-11-13-14-15-16-17-18-19-20-21-22-23-24-25-26-27-28-29-30-31-32-34-36-38-40-42-52(70)65-47(48(69)41-39-37-35-33-12-10-8-6-4-2)46-78-62-58(76)55(73)60(50(44-67)80-62)83-64-59(77)56(74)61(51(45-68)81-64)82-63-57(75)54(72)53(71)49(43-66)79-63/h47-51,53-64,66-69,71-77H,3-46H2,1-2H3,(H,65,70). The second-order valence-corrected chi connectivity index (χ2v) is 24.7. The van der Waals surface area contributed by atoms with Crippen LogP contribution in [-0.4, -0.2) is 193 Å². The largest absolute Gasteiger partial charge is 0.394 e. The van der Waals surface area contributed by atoms with Gasteiger partial charge in [-0.15, -0.1) is 0 Å². The fourth-order valence-electron chi connectivity index (χ4n) is 11.9. The lowest BCUT2D eigenvalue weighted by atomic mass is 9.96. The van der Waals surface area contributed by atoms with Crippen molar-refractivity contribution in [3.63, 3.8) is 0 Å². The molecule has 83 heavy (non-hydrogen) atoms. The van der Waals surface area contributed by atoms with Crippen molar-refractivity contribution in [2.24, 2.45) is 0 Å². The molecule has 0 aliphatic carbocycles. The molecular formula is C64H123NO18. The van der Waals surface area contributed by atoms with Crippen LogP contribution in [0.4, 0.5) is 0 Å². The van der Waals surface area contributed by atoms with E-state index < -0.39 is 124 Å². The molecule has 0 saturated carbocycles. The van der Waals surface area contributed by atoms with Crippen molar-refractivity contribution >= 4 is 5.91 Å². The van der Waals surface area contributed by atoms with Gasteiger partial charge in [-0.05, 0) is 12.8 Å². The van der Waals surface area contributed by atoms with E-state index in [4.69, 9.17) is 28.4 Å². The average molecular weight is 1190 g/mol. The Balaban J connectivity index is 1.34. The number of rotatable bonds is 52. The Bertz CT molecular complexity index is 1520. The number of unbranched alkanes of at least 4 members (excludes halogenated alkanes) is 36. The van der Waals surface area contributed by atoms with Crippen molar-refractivity contribution in [1.82, 2.24) is 5.32 Å². The summed E-state index contributed by atoms with van der Waals surface area (Å²) in [6.07, 6.45) is 22.3. The number of nitrogens with one attached hydrogen (secondary N) is 1. The predicted molar refractivity (Wildman–Crippen MR) is 319 cm³/mol. The molecule has 0 radical (unpaired) electrons. The lowest BCUT2D eigenvalue weighted by Gasteiger charge is -2.48. The van der Waals surface area contributed by atoms with Crippen molar-refractivity contribution in [2.45, 2.75) is 375 Å². The van der Waals surface area contributed by atoms with E-state index in [1.165, 1.54) is 193 Å². The molecular weight excluding hydrogens is 1070 g/mol. The van der Waals surface area contributed by atoms with Crippen LogP contribution in [0.25, 0.3) is 0 Å². The maximum Gasteiger partial charge on any atom is 0.220 e. The maximum absolute atomic E-state index is 13.3. The van der Waals surface area contributed by atoms with Crippen LogP contribution in [-0.2, 0) is 33.2 Å². The Morgan fingerprint density at radius 3 is 1.05 bits per heavy atom. The molecule has 1 amide bonds. The van der Waals surface area contributed by atoms with Crippen LogP contribution in [0.15, 0.2) is 0 Å². The molecule has 12 N–H and O–H groups in total. The van der Waals surface area contributed by atoms with Gasteiger partial charge >= 0.3 is 0 Å². The molecule has 3 saturated heterocycles. The summed E-state index contributed by atoms with van der Waals surface area (Å²) in [5.74, 6) is -0.239.